The molecule has 2 amide bonds. The van der Waals surface area contributed by atoms with Crippen LogP contribution < -0.4 is 15.4 Å². The van der Waals surface area contributed by atoms with Gasteiger partial charge in [0.1, 0.15) is 11.8 Å². The quantitative estimate of drug-likeness (QED) is 0.149. The molecule has 2 aromatic heterocycles. The van der Waals surface area contributed by atoms with E-state index in [0.29, 0.717) is 10.7 Å². The van der Waals surface area contributed by atoms with E-state index in [2.05, 4.69) is 47.4 Å². The molecule has 2 unspecified atom stereocenters. The molecule has 2 heterocycles. The number of nitrogens with zero attached hydrogens (tertiary/aromatic N) is 2. The minimum Gasteiger partial charge on any atom is -0.497 e. The average Bonchev–Trinajstić information content (AvgIpc) is 3.56. The van der Waals surface area contributed by atoms with Gasteiger partial charge in [-0.3, -0.25) is 9.59 Å². The second-order valence-corrected chi connectivity index (χ2v) is 13.4. The maximum atomic E-state index is 13.2. The highest BCUT2D eigenvalue weighted by molar-refractivity contribution is 7.14. The van der Waals surface area contributed by atoms with Crippen LogP contribution in [0.25, 0.3) is 33.3 Å². The van der Waals surface area contributed by atoms with Crippen LogP contribution >= 0.6 is 11.3 Å². The zero-order chi connectivity index (χ0) is 33.0. The van der Waals surface area contributed by atoms with E-state index in [0.717, 1.165) is 43.7 Å². The van der Waals surface area contributed by atoms with Gasteiger partial charge in [-0.15, -0.1) is 11.3 Å². The van der Waals surface area contributed by atoms with Gasteiger partial charge >= 0.3 is 0 Å². The van der Waals surface area contributed by atoms with Gasteiger partial charge in [-0.25, -0.2) is 9.97 Å². The highest BCUT2D eigenvalue weighted by atomic mass is 32.1. The number of aliphatic hydroxyl groups is 2. The second-order valence-electron chi connectivity index (χ2n) is 12.3. The SMILES string of the molecule is COc1ccc2cc(-c3cnc(-c4ccc(CC(NC(=O)c5ccc(C(C)(C)C)s5)C(=O)NC(C)C(O)O)cc4)nc3)ccc2c1. The molecule has 0 spiro atoms. The molecule has 3 aromatic carbocycles. The molecule has 10 heteroatoms. The molecular formula is C36H38N4O5S. The summed E-state index contributed by atoms with van der Waals surface area (Å²) < 4.78 is 5.32. The zero-order valence-electron chi connectivity index (χ0n) is 26.4. The van der Waals surface area contributed by atoms with E-state index < -0.39 is 24.3 Å². The molecule has 5 rings (SSSR count). The third kappa shape index (κ3) is 7.77. The normalized spacial score (nSPS) is 13.0. The predicted octanol–water partition coefficient (Wildman–Crippen LogP) is 5.49. The molecule has 0 saturated heterocycles. The van der Waals surface area contributed by atoms with Gasteiger partial charge in [0.05, 0.1) is 18.0 Å². The monoisotopic (exact) mass is 638 g/mol. The molecule has 0 radical (unpaired) electrons. The maximum absolute atomic E-state index is 13.2. The van der Waals surface area contributed by atoms with Crippen LogP contribution in [0.15, 0.2) is 85.2 Å². The number of hydrogen-bond acceptors (Lipinski definition) is 8. The maximum Gasteiger partial charge on any atom is 0.262 e. The van der Waals surface area contributed by atoms with Crippen molar-refractivity contribution in [2.45, 2.75) is 57.9 Å². The molecule has 5 aromatic rings. The lowest BCUT2D eigenvalue weighted by atomic mass is 9.95. The zero-order valence-corrected chi connectivity index (χ0v) is 27.3. The summed E-state index contributed by atoms with van der Waals surface area (Å²) in [6.45, 7) is 7.70. The first-order valence-corrected chi connectivity index (χ1v) is 15.8. The third-order valence-electron chi connectivity index (χ3n) is 7.69. The average molecular weight is 639 g/mol. The van der Waals surface area contributed by atoms with Gasteiger partial charge in [-0.05, 0) is 64.6 Å². The Morgan fingerprint density at radius 2 is 1.50 bits per heavy atom. The number of benzene rings is 3. The number of methoxy groups -OCH3 is 1. The molecular weight excluding hydrogens is 600 g/mol. The number of fused-ring (bicyclic) bond motifs is 1. The Labute approximate surface area is 272 Å². The first-order valence-electron chi connectivity index (χ1n) is 15.0. The smallest absolute Gasteiger partial charge is 0.262 e. The Morgan fingerprint density at radius 1 is 0.848 bits per heavy atom. The van der Waals surface area contributed by atoms with Crippen molar-refractivity contribution in [1.29, 1.82) is 0 Å². The van der Waals surface area contributed by atoms with Crippen LogP contribution in [0.5, 0.6) is 5.75 Å². The van der Waals surface area contributed by atoms with Crippen LogP contribution in [-0.2, 0) is 16.6 Å². The van der Waals surface area contributed by atoms with Crippen LogP contribution in [0.1, 0.15) is 47.8 Å². The van der Waals surface area contributed by atoms with E-state index in [9.17, 15) is 19.8 Å². The van der Waals surface area contributed by atoms with Crippen LogP contribution in [0, 0.1) is 0 Å². The van der Waals surface area contributed by atoms with Gasteiger partial charge < -0.3 is 25.6 Å². The van der Waals surface area contributed by atoms with E-state index >= 15 is 0 Å². The van der Waals surface area contributed by atoms with E-state index in [4.69, 9.17) is 4.74 Å². The fourth-order valence-electron chi connectivity index (χ4n) is 4.88. The summed E-state index contributed by atoms with van der Waals surface area (Å²) in [6, 6.07) is 21.4. The van der Waals surface area contributed by atoms with Crippen LogP contribution in [0.4, 0.5) is 0 Å². The Bertz CT molecular complexity index is 1830. The highest BCUT2D eigenvalue weighted by Crippen LogP contribution is 2.30. The topological polar surface area (TPSA) is 134 Å². The third-order valence-corrected chi connectivity index (χ3v) is 9.20. The Hall–Kier alpha value is -4.64. The summed E-state index contributed by atoms with van der Waals surface area (Å²) in [5.74, 6) is 0.486. The van der Waals surface area contributed by atoms with Crippen molar-refractivity contribution in [2.75, 3.05) is 7.11 Å². The van der Waals surface area contributed by atoms with E-state index in [1.165, 1.54) is 18.3 Å². The molecule has 9 nitrogen and oxygen atoms in total. The van der Waals surface area contributed by atoms with Crippen LogP contribution in [-0.4, -0.2) is 57.5 Å². The van der Waals surface area contributed by atoms with Gasteiger partial charge in [0.2, 0.25) is 5.91 Å². The standard InChI is InChI=1S/C36H38N4O5S/c1-21(35(43)44)39-33(41)29(40-34(42)30-14-15-31(46-30)36(2,3)4)16-22-6-8-23(9-7-22)32-37-19-27(20-38-32)25-10-11-26-18-28(45-5)13-12-24(26)17-25/h6-15,17-21,29,35,43-44H,16H2,1-5H3,(H,39,41)(H,40,42). The number of nitrogens with one attached hydrogen (secondary N) is 2. The van der Waals surface area contributed by atoms with Crippen molar-refractivity contribution in [3.63, 3.8) is 0 Å². The van der Waals surface area contributed by atoms with Crippen LogP contribution in [0.3, 0.4) is 0 Å². The van der Waals surface area contributed by atoms with Gasteiger partial charge in [0.15, 0.2) is 12.1 Å². The van der Waals surface area contributed by atoms with E-state index in [-0.39, 0.29) is 17.7 Å². The lowest BCUT2D eigenvalue weighted by molar-refractivity contribution is -0.128. The second kappa shape index (κ2) is 13.8. The fraction of sp³-hybridized carbons (Fsp3) is 0.278. The van der Waals surface area contributed by atoms with Gasteiger partial charge in [-0.2, -0.15) is 0 Å². The molecule has 0 aliphatic rings. The number of aromatic nitrogens is 2. The minimum absolute atomic E-state index is 0.107. The largest absolute Gasteiger partial charge is 0.497 e. The lowest BCUT2D eigenvalue weighted by Gasteiger charge is -2.22. The molecule has 0 bridgehead atoms. The lowest BCUT2D eigenvalue weighted by Crippen LogP contribution is -2.52. The number of hydrogen-bond donors (Lipinski definition) is 4. The Balaban J connectivity index is 1.30. The van der Waals surface area contributed by atoms with Crippen molar-refractivity contribution < 1.29 is 24.5 Å². The first-order chi connectivity index (χ1) is 21.9. The number of carbonyl (C=O) groups is 2. The predicted molar refractivity (Wildman–Crippen MR) is 181 cm³/mol. The number of ether oxygens (including phenoxy) is 1. The fourth-order valence-corrected chi connectivity index (χ4v) is 5.85. The first kappa shape index (κ1) is 32.7. The van der Waals surface area contributed by atoms with Crippen molar-refractivity contribution in [2.24, 2.45) is 0 Å². The van der Waals surface area contributed by atoms with Crippen LogP contribution in [0.2, 0.25) is 0 Å². The summed E-state index contributed by atoms with van der Waals surface area (Å²) in [5, 5.41) is 26.6. The summed E-state index contributed by atoms with van der Waals surface area (Å²) in [4.78, 5) is 37.1. The van der Waals surface area contributed by atoms with E-state index in [1.54, 1.807) is 25.6 Å². The number of aliphatic hydroxyl groups excluding tert-OH is 1. The van der Waals surface area contributed by atoms with Gasteiger partial charge in [0.25, 0.3) is 5.91 Å². The molecule has 0 fully saturated rings. The molecule has 0 aliphatic carbocycles. The summed E-state index contributed by atoms with van der Waals surface area (Å²) in [5.41, 5.74) is 3.39. The summed E-state index contributed by atoms with van der Waals surface area (Å²) >= 11 is 1.39. The number of thiophene rings is 1. The van der Waals surface area contributed by atoms with Crippen molar-refractivity contribution in [3.05, 3.63) is 101 Å². The molecule has 4 N–H and O–H groups in total. The summed E-state index contributed by atoms with van der Waals surface area (Å²) in [7, 11) is 1.65. The van der Waals surface area contributed by atoms with E-state index in [1.807, 2.05) is 60.7 Å². The summed E-state index contributed by atoms with van der Waals surface area (Å²) in [6.07, 6.45) is 2.05. The van der Waals surface area contributed by atoms with Crippen molar-refractivity contribution >= 4 is 33.9 Å². The molecule has 46 heavy (non-hydrogen) atoms. The number of rotatable bonds is 10. The highest BCUT2D eigenvalue weighted by Gasteiger charge is 2.26. The van der Waals surface area contributed by atoms with Gasteiger partial charge in [0, 0.05) is 34.8 Å². The molecule has 0 aliphatic heterocycles. The van der Waals surface area contributed by atoms with Gasteiger partial charge in [-0.1, -0.05) is 63.2 Å². The molecule has 238 valence electrons. The Kier molecular flexibility index (Phi) is 9.81. The number of carbonyl (C=O) groups excluding carboxylic acids is 2. The Morgan fingerprint density at radius 3 is 2.13 bits per heavy atom. The molecule has 2 atom stereocenters. The number of amides is 2. The molecule has 0 saturated carbocycles. The minimum atomic E-state index is -1.73. The van der Waals surface area contributed by atoms with Crippen molar-refractivity contribution in [1.82, 2.24) is 20.6 Å². The van der Waals surface area contributed by atoms with Crippen molar-refractivity contribution in [3.8, 4) is 28.3 Å².